The fourth-order valence-electron chi connectivity index (χ4n) is 3.88. The quantitative estimate of drug-likeness (QED) is 0.801. The molecule has 1 aliphatic heterocycles. The normalized spacial score (nSPS) is 18.3. The van der Waals surface area contributed by atoms with Crippen LogP contribution in [0, 0.1) is 0 Å². The van der Waals surface area contributed by atoms with Crippen LogP contribution >= 0.6 is 0 Å². The van der Waals surface area contributed by atoms with Gasteiger partial charge in [-0.15, -0.1) is 0 Å². The van der Waals surface area contributed by atoms with Gasteiger partial charge in [0.2, 0.25) is 0 Å². The molecule has 0 aromatic carbocycles. The number of aliphatic hydroxyl groups is 1. The van der Waals surface area contributed by atoms with Gasteiger partial charge in [0.25, 0.3) is 0 Å². The first-order valence-corrected chi connectivity index (χ1v) is 8.61. The first-order chi connectivity index (χ1) is 10.2. The molecule has 4 heteroatoms. The monoisotopic (exact) mass is 293 g/mol. The van der Waals surface area contributed by atoms with Crippen molar-refractivity contribution in [3.8, 4) is 0 Å². The van der Waals surface area contributed by atoms with E-state index in [0.717, 1.165) is 44.7 Å². The van der Waals surface area contributed by atoms with Gasteiger partial charge in [0.15, 0.2) is 0 Å². The first kappa shape index (κ1) is 16.5. The highest BCUT2D eigenvalue weighted by molar-refractivity contribution is 5.03. The molecule has 0 spiro atoms. The lowest BCUT2D eigenvalue weighted by Gasteiger charge is -2.44. The van der Waals surface area contributed by atoms with Gasteiger partial charge in [-0.3, -0.25) is 4.90 Å². The maximum Gasteiger partial charge on any atom is 0.111 e. The number of hydrogen-bond donors (Lipinski definition) is 1. The third-order valence-electron chi connectivity index (χ3n) is 5.22. The summed E-state index contributed by atoms with van der Waals surface area (Å²) in [5, 5.41) is 11.0. The maximum absolute atomic E-state index is 11.0. The molecule has 0 saturated carbocycles. The summed E-state index contributed by atoms with van der Waals surface area (Å²) in [5.74, 6) is 1.02. The Morgan fingerprint density at radius 2 is 1.90 bits per heavy atom. The summed E-state index contributed by atoms with van der Waals surface area (Å²) in [5.41, 5.74) is -0.0838. The zero-order chi connectivity index (χ0) is 15.3. The van der Waals surface area contributed by atoms with Gasteiger partial charge in [-0.1, -0.05) is 20.8 Å². The molecule has 1 N–H and O–H groups in total. The van der Waals surface area contributed by atoms with Gasteiger partial charge < -0.3 is 9.67 Å². The zero-order valence-corrected chi connectivity index (χ0v) is 13.9. The molecule has 1 unspecified atom stereocenters. The summed E-state index contributed by atoms with van der Waals surface area (Å²) in [6, 6.07) is 0. The van der Waals surface area contributed by atoms with Gasteiger partial charge in [0.05, 0.1) is 6.10 Å². The van der Waals surface area contributed by atoms with Crippen LogP contribution in [-0.4, -0.2) is 44.3 Å². The molecule has 0 amide bonds. The SMILES string of the molecule is CCCn1ccnc1CC(O)C(CC)(CC)N1CCCC1. The van der Waals surface area contributed by atoms with Crippen molar-refractivity contribution >= 4 is 0 Å². The van der Waals surface area contributed by atoms with Crippen LogP contribution in [0.15, 0.2) is 12.4 Å². The highest BCUT2D eigenvalue weighted by Crippen LogP contribution is 2.32. The van der Waals surface area contributed by atoms with E-state index in [1.807, 2.05) is 12.4 Å². The predicted octanol–water partition coefficient (Wildman–Crippen LogP) is 2.85. The van der Waals surface area contributed by atoms with E-state index in [-0.39, 0.29) is 11.6 Å². The lowest BCUT2D eigenvalue weighted by molar-refractivity contribution is -0.0282. The molecule has 1 saturated heterocycles. The molecule has 4 nitrogen and oxygen atoms in total. The van der Waals surface area contributed by atoms with Gasteiger partial charge in [-0.2, -0.15) is 0 Å². The number of hydrogen-bond acceptors (Lipinski definition) is 3. The highest BCUT2D eigenvalue weighted by Gasteiger charge is 2.41. The van der Waals surface area contributed by atoms with E-state index in [1.54, 1.807) is 0 Å². The van der Waals surface area contributed by atoms with Crippen LogP contribution in [0.4, 0.5) is 0 Å². The maximum atomic E-state index is 11.0. The smallest absolute Gasteiger partial charge is 0.111 e. The fourth-order valence-corrected chi connectivity index (χ4v) is 3.88. The van der Waals surface area contributed by atoms with Crippen LogP contribution < -0.4 is 0 Å². The molecular weight excluding hydrogens is 262 g/mol. The molecule has 0 radical (unpaired) electrons. The Bertz CT molecular complexity index is 419. The van der Waals surface area contributed by atoms with E-state index in [9.17, 15) is 5.11 Å². The Balaban J connectivity index is 2.14. The average Bonchev–Trinajstić information content (AvgIpc) is 3.14. The summed E-state index contributed by atoms with van der Waals surface area (Å²) < 4.78 is 2.18. The van der Waals surface area contributed by atoms with E-state index in [2.05, 4.69) is 35.2 Å². The largest absolute Gasteiger partial charge is 0.391 e. The van der Waals surface area contributed by atoms with E-state index < -0.39 is 0 Å². The number of aryl methyl sites for hydroxylation is 1. The van der Waals surface area contributed by atoms with Crippen LogP contribution in [0.5, 0.6) is 0 Å². The van der Waals surface area contributed by atoms with E-state index in [1.165, 1.54) is 12.8 Å². The Kier molecular flexibility index (Phi) is 5.82. The van der Waals surface area contributed by atoms with Crippen LogP contribution in [0.1, 0.15) is 58.7 Å². The Labute approximate surface area is 129 Å². The Morgan fingerprint density at radius 3 is 2.48 bits per heavy atom. The minimum atomic E-state index is -0.344. The second-order valence-electron chi connectivity index (χ2n) is 6.26. The standard InChI is InChI=1S/C17H31N3O/c1-4-10-19-13-9-18-16(19)14-15(21)17(5-2,6-3)20-11-7-8-12-20/h9,13,15,21H,4-8,10-12,14H2,1-3H3. The topological polar surface area (TPSA) is 41.3 Å². The molecule has 120 valence electrons. The third kappa shape index (κ3) is 3.32. The molecule has 2 rings (SSSR count). The van der Waals surface area contributed by atoms with Gasteiger partial charge in [-0.05, 0) is 45.2 Å². The second-order valence-corrected chi connectivity index (χ2v) is 6.26. The molecule has 1 fully saturated rings. The molecule has 1 atom stereocenters. The molecule has 21 heavy (non-hydrogen) atoms. The van der Waals surface area contributed by atoms with Crippen LogP contribution in [-0.2, 0) is 13.0 Å². The first-order valence-electron chi connectivity index (χ1n) is 8.61. The van der Waals surface area contributed by atoms with Crippen molar-refractivity contribution in [2.24, 2.45) is 0 Å². The van der Waals surface area contributed by atoms with E-state index >= 15 is 0 Å². The fraction of sp³-hybridized carbons (Fsp3) is 0.824. The van der Waals surface area contributed by atoms with Crippen molar-refractivity contribution in [1.29, 1.82) is 0 Å². The summed E-state index contributed by atoms with van der Waals surface area (Å²) in [6.45, 7) is 9.83. The lowest BCUT2D eigenvalue weighted by atomic mass is 9.83. The predicted molar refractivity (Wildman–Crippen MR) is 86.3 cm³/mol. The number of imidazole rings is 1. The number of rotatable bonds is 8. The zero-order valence-electron chi connectivity index (χ0n) is 13.9. The minimum Gasteiger partial charge on any atom is -0.391 e. The highest BCUT2D eigenvalue weighted by atomic mass is 16.3. The average molecular weight is 293 g/mol. The van der Waals surface area contributed by atoms with E-state index in [4.69, 9.17) is 0 Å². The molecule has 1 aromatic heterocycles. The van der Waals surface area contributed by atoms with Crippen molar-refractivity contribution in [2.75, 3.05) is 13.1 Å². The lowest BCUT2D eigenvalue weighted by Crippen LogP contribution is -2.56. The van der Waals surface area contributed by atoms with Crippen molar-refractivity contribution in [3.05, 3.63) is 18.2 Å². The molecule has 1 aliphatic rings. The molecular formula is C17H31N3O. The molecule has 2 heterocycles. The Morgan fingerprint density at radius 1 is 1.24 bits per heavy atom. The molecule has 0 aliphatic carbocycles. The van der Waals surface area contributed by atoms with Gasteiger partial charge >= 0.3 is 0 Å². The van der Waals surface area contributed by atoms with Gasteiger partial charge in [-0.25, -0.2) is 4.98 Å². The van der Waals surface area contributed by atoms with Gasteiger partial charge in [0, 0.05) is 30.9 Å². The number of aliphatic hydroxyl groups excluding tert-OH is 1. The number of nitrogens with zero attached hydrogens (tertiary/aromatic N) is 3. The van der Waals surface area contributed by atoms with Crippen molar-refractivity contribution in [3.63, 3.8) is 0 Å². The molecule has 1 aromatic rings. The van der Waals surface area contributed by atoms with E-state index in [0.29, 0.717) is 6.42 Å². The van der Waals surface area contributed by atoms with Gasteiger partial charge in [0.1, 0.15) is 5.82 Å². The second kappa shape index (κ2) is 7.41. The number of likely N-dealkylation sites (tertiary alicyclic amines) is 1. The Hall–Kier alpha value is -0.870. The summed E-state index contributed by atoms with van der Waals surface area (Å²) in [7, 11) is 0. The number of aromatic nitrogens is 2. The van der Waals surface area contributed by atoms with Crippen molar-refractivity contribution in [2.45, 2.75) is 77.5 Å². The third-order valence-corrected chi connectivity index (χ3v) is 5.22. The van der Waals surface area contributed by atoms with Crippen molar-refractivity contribution in [1.82, 2.24) is 14.5 Å². The summed E-state index contributed by atoms with van der Waals surface area (Å²) in [6.07, 6.45) is 9.82. The van der Waals surface area contributed by atoms with Crippen molar-refractivity contribution < 1.29 is 5.11 Å². The van der Waals surface area contributed by atoms with Crippen LogP contribution in [0.3, 0.4) is 0 Å². The van der Waals surface area contributed by atoms with Crippen LogP contribution in [0.25, 0.3) is 0 Å². The summed E-state index contributed by atoms with van der Waals surface area (Å²) >= 11 is 0. The minimum absolute atomic E-state index is 0.0838. The van der Waals surface area contributed by atoms with Crippen LogP contribution in [0.2, 0.25) is 0 Å². The summed E-state index contributed by atoms with van der Waals surface area (Å²) in [4.78, 5) is 6.99. The molecule has 0 bridgehead atoms.